The average Bonchev–Trinajstić information content (AvgIpc) is 2.87. The molecule has 9 nitrogen and oxygen atoms in total. The van der Waals surface area contributed by atoms with Gasteiger partial charge in [0.1, 0.15) is 0 Å². The van der Waals surface area contributed by atoms with Crippen molar-refractivity contribution >= 4 is 23.2 Å². The van der Waals surface area contributed by atoms with Gasteiger partial charge in [0.25, 0.3) is 5.91 Å². The number of amides is 2. The summed E-state index contributed by atoms with van der Waals surface area (Å²) < 4.78 is 5.10. The van der Waals surface area contributed by atoms with E-state index in [0.29, 0.717) is 31.7 Å². The van der Waals surface area contributed by atoms with Crippen LogP contribution in [-0.2, 0) is 4.79 Å². The number of methoxy groups -OCH3 is 1. The third kappa shape index (κ3) is 5.23. The number of anilines is 1. The molecule has 9 heteroatoms. The number of carbonyl (C=O) groups excluding carboxylic acids is 2. The van der Waals surface area contributed by atoms with Crippen LogP contribution in [0.1, 0.15) is 35.7 Å². The molecule has 2 heterocycles. The van der Waals surface area contributed by atoms with Gasteiger partial charge in [-0.05, 0) is 50.5 Å². The van der Waals surface area contributed by atoms with Gasteiger partial charge in [-0.3, -0.25) is 19.7 Å². The lowest BCUT2D eigenvalue weighted by Gasteiger charge is -2.43. The van der Waals surface area contributed by atoms with E-state index in [2.05, 4.69) is 43.0 Å². The highest BCUT2D eigenvalue weighted by atomic mass is 16.6. The van der Waals surface area contributed by atoms with Crippen molar-refractivity contribution in [3.63, 3.8) is 0 Å². The lowest BCUT2D eigenvalue weighted by molar-refractivity contribution is -0.385. The van der Waals surface area contributed by atoms with E-state index in [1.54, 1.807) is 4.90 Å². The summed E-state index contributed by atoms with van der Waals surface area (Å²) in [5.41, 5.74) is 2.53. The van der Waals surface area contributed by atoms with E-state index in [-0.39, 0.29) is 35.2 Å². The summed E-state index contributed by atoms with van der Waals surface area (Å²) in [7, 11) is 1.34. The lowest BCUT2D eigenvalue weighted by atomic mass is 9.95. The van der Waals surface area contributed by atoms with Crippen LogP contribution in [0.25, 0.3) is 0 Å². The van der Waals surface area contributed by atoms with Crippen molar-refractivity contribution < 1.29 is 19.2 Å². The molecule has 0 saturated carbocycles. The minimum Gasteiger partial charge on any atom is -0.490 e. The minimum atomic E-state index is -0.539. The predicted molar refractivity (Wildman–Crippen MR) is 133 cm³/mol. The van der Waals surface area contributed by atoms with Crippen LogP contribution in [0.2, 0.25) is 0 Å². The molecule has 2 aliphatic rings. The second-order valence-corrected chi connectivity index (χ2v) is 9.40. The van der Waals surface area contributed by atoms with Crippen molar-refractivity contribution in [2.75, 3.05) is 44.7 Å². The van der Waals surface area contributed by atoms with Crippen LogP contribution in [0, 0.1) is 23.0 Å². The Hall–Kier alpha value is -3.62. The zero-order valence-electron chi connectivity index (χ0n) is 20.5. The number of hydrogen-bond acceptors (Lipinski definition) is 6. The number of likely N-dealkylation sites (tertiary alicyclic amines) is 1. The zero-order chi connectivity index (χ0) is 25.1. The van der Waals surface area contributed by atoms with Crippen LogP contribution in [0.15, 0.2) is 42.5 Å². The minimum absolute atomic E-state index is 0.0472. The van der Waals surface area contributed by atoms with E-state index in [4.69, 9.17) is 4.74 Å². The first-order valence-electron chi connectivity index (χ1n) is 12.0. The van der Waals surface area contributed by atoms with Crippen molar-refractivity contribution in [3.05, 3.63) is 63.7 Å². The zero-order valence-corrected chi connectivity index (χ0v) is 20.5. The van der Waals surface area contributed by atoms with Crippen LogP contribution in [0.4, 0.5) is 11.4 Å². The third-order valence-electron chi connectivity index (χ3n) is 6.95. The topological polar surface area (TPSA) is 96.2 Å². The van der Waals surface area contributed by atoms with Gasteiger partial charge in [0.2, 0.25) is 5.91 Å². The molecule has 2 aliphatic heterocycles. The molecule has 2 amide bonds. The predicted octanol–water partition coefficient (Wildman–Crippen LogP) is 3.50. The van der Waals surface area contributed by atoms with Crippen LogP contribution in [0.3, 0.4) is 0 Å². The molecule has 2 aromatic carbocycles. The number of piperazine rings is 1. The number of nitro benzene ring substituents is 1. The van der Waals surface area contributed by atoms with Crippen molar-refractivity contribution in [2.24, 2.45) is 5.92 Å². The van der Waals surface area contributed by atoms with Crippen molar-refractivity contribution in [3.8, 4) is 5.75 Å². The summed E-state index contributed by atoms with van der Waals surface area (Å²) in [5.74, 6) is -0.343. The number of nitrogens with zero attached hydrogens (tertiary/aromatic N) is 4. The molecule has 186 valence electrons. The number of nitro groups is 1. The SMILES string of the molecule is COc1cc(C(=O)N2CCCC(C(=O)N3CCN(c4cccc(C)c4)C(C)C3)C2)ccc1[N+](=O)[O-]. The molecule has 0 aliphatic carbocycles. The molecule has 2 saturated heterocycles. The Balaban J connectivity index is 1.40. The number of rotatable bonds is 5. The van der Waals surface area contributed by atoms with Gasteiger partial charge in [-0.15, -0.1) is 0 Å². The first-order chi connectivity index (χ1) is 16.8. The monoisotopic (exact) mass is 480 g/mol. The van der Waals surface area contributed by atoms with Gasteiger partial charge in [-0.1, -0.05) is 12.1 Å². The lowest BCUT2D eigenvalue weighted by Crippen LogP contribution is -2.56. The van der Waals surface area contributed by atoms with Crippen LogP contribution in [0.5, 0.6) is 5.75 Å². The summed E-state index contributed by atoms with van der Waals surface area (Å²) in [5, 5.41) is 11.2. The Morgan fingerprint density at radius 1 is 1.06 bits per heavy atom. The highest BCUT2D eigenvalue weighted by Gasteiger charge is 2.35. The molecule has 4 rings (SSSR count). The van der Waals surface area contributed by atoms with E-state index >= 15 is 0 Å². The van der Waals surface area contributed by atoms with Crippen molar-refractivity contribution in [1.82, 2.24) is 9.80 Å². The van der Waals surface area contributed by atoms with E-state index in [1.165, 1.54) is 36.6 Å². The van der Waals surface area contributed by atoms with Gasteiger partial charge in [0.15, 0.2) is 5.75 Å². The standard InChI is InChI=1S/C26H32N4O5/c1-18-6-4-8-22(14-18)29-13-12-28(16-19(29)2)26(32)21-7-5-11-27(17-21)25(31)20-9-10-23(30(33)34)24(15-20)35-3/h4,6,8-10,14-15,19,21H,5,7,11-13,16-17H2,1-3H3. The summed E-state index contributed by atoms with van der Waals surface area (Å²) in [6.07, 6.45) is 1.49. The fourth-order valence-corrected chi connectivity index (χ4v) is 5.11. The van der Waals surface area contributed by atoms with Crippen LogP contribution < -0.4 is 9.64 Å². The van der Waals surface area contributed by atoms with Crippen LogP contribution >= 0.6 is 0 Å². The number of benzene rings is 2. The van der Waals surface area contributed by atoms with E-state index in [0.717, 1.165) is 19.4 Å². The van der Waals surface area contributed by atoms with Crippen molar-refractivity contribution in [2.45, 2.75) is 32.7 Å². The highest BCUT2D eigenvalue weighted by Crippen LogP contribution is 2.29. The quantitative estimate of drug-likeness (QED) is 0.480. The Bertz CT molecular complexity index is 1120. The summed E-state index contributed by atoms with van der Waals surface area (Å²) >= 11 is 0. The maximum Gasteiger partial charge on any atom is 0.310 e. The Kier molecular flexibility index (Phi) is 7.23. The van der Waals surface area contributed by atoms with Crippen molar-refractivity contribution in [1.29, 1.82) is 0 Å². The number of hydrogen-bond donors (Lipinski definition) is 0. The fraction of sp³-hybridized carbons (Fsp3) is 0.462. The molecule has 2 unspecified atom stereocenters. The molecule has 2 atom stereocenters. The Labute approximate surface area is 205 Å². The molecule has 2 aromatic rings. The molecule has 35 heavy (non-hydrogen) atoms. The van der Waals surface area contributed by atoms with Crippen LogP contribution in [-0.4, -0.2) is 72.4 Å². The van der Waals surface area contributed by atoms with E-state index in [1.807, 2.05) is 4.90 Å². The van der Waals surface area contributed by atoms with Gasteiger partial charge in [0.05, 0.1) is 18.0 Å². The molecule has 0 spiro atoms. The summed E-state index contributed by atoms with van der Waals surface area (Å²) in [6.45, 7) is 7.20. The first-order valence-corrected chi connectivity index (χ1v) is 12.0. The number of aryl methyl sites for hydroxylation is 1. The number of piperidine rings is 1. The highest BCUT2D eigenvalue weighted by molar-refractivity contribution is 5.95. The molecule has 0 N–H and O–H groups in total. The fourth-order valence-electron chi connectivity index (χ4n) is 5.11. The Morgan fingerprint density at radius 2 is 1.86 bits per heavy atom. The summed E-state index contributed by atoms with van der Waals surface area (Å²) in [4.78, 5) is 43.1. The number of ether oxygens (including phenoxy) is 1. The molecule has 0 bridgehead atoms. The van der Waals surface area contributed by atoms with Gasteiger partial charge in [0, 0.05) is 62.1 Å². The Morgan fingerprint density at radius 3 is 2.54 bits per heavy atom. The number of carbonyl (C=O) groups is 2. The average molecular weight is 481 g/mol. The smallest absolute Gasteiger partial charge is 0.310 e. The normalized spacial score (nSPS) is 20.5. The second kappa shape index (κ2) is 10.3. The van der Waals surface area contributed by atoms with E-state index in [9.17, 15) is 19.7 Å². The molecule has 0 radical (unpaired) electrons. The largest absolute Gasteiger partial charge is 0.490 e. The third-order valence-corrected chi connectivity index (χ3v) is 6.95. The maximum atomic E-state index is 13.4. The molecular weight excluding hydrogens is 448 g/mol. The first kappa shape index (κ1) is 24.5. The second-order valence-electron chi connectivity index (χ2n) is 9.40. The molecule has 0 aromatic heterocycles. The molecule has 2 fully saturated rings. The summed E-state index contributed by atoms with van der Waals surface area (Å²) in [6, 6.07) is 12.8. The van der Waals surface area contributed by atoms with Gasteiger partial charge in [-0.25, -0.2) is 0 Å². The van der Waals surface area contributed by atoms with Gasteiger partial charge in [-0.2, -0.15) is 0 Å². The molecular formula is C26H32N4O5. The maximum absolute atomic E-state index is 13.4. The van der Waals surface area contributed by atoms with Gasteiger partial charge < -0.3 is 19.4 Å². The van der Waals surface area contributed by atoms with Gasteiger partial charge >= 0.3 is 5.69 Å². The van der Waals surface area contributed by atoms with E-state index < -0.39 is 4.92 Å².